The van der Waals surface area contributed by atoms with Gasteiger partial charge in [-0.3, -0.25) is 0 Å². The second kappa shape index (κ2) is 9.29. The maximum absolute atomic E-state index is 12.7. The zero-order chi connectivity index (χ0) is 24.4. The lowest BCUT2D eigenvalue weighted by Crippen LogP contribution is -2.27. The van der Waals surface area contributed by atoms with Crippen molar-refractivity contribution in [1.82, 2.24) is 9.97 Å². The van der Waals surface area contributed by atoms with Gasteiger partial charge < -0.3 is 15.4 Å². The van der Waals surface area contributed by atoms with Crippen LogP contribution in [-0.4, -0.2) is 21.9 Å². The number of nitrogens with zero attached hydrogens (tertiary/aromatic N) is 2. The predicted octanol–water partition coefficient (Wildman–Crippen LogP) is 7.43. The van der Waals surface area contributed by atoms with Gasteiger partial charge in [-0.15, -0.1) is 13.2 Å². The Balaban J connectivity index is 2.00. The van der Waals surface area contributed by atoms with Crippen molar-refractivity contribution >= 4 is 17.5 Å². The second-order valence-corrected chi connectivity index (χ2v) is 9.26. The summed E-state index contributed by atoms with van der Waals surface area (Å²) < 4.78 is 42.1. The molecule has 0 aliphatic heterocycles. The van der Waals surface area contributed by atoms with Gasteiger partial charge in [-0.25, -0.2) is 4.98 Å². The van der Waals surface area contributed by atoms with Crippen LogP contribution in [-0.2, 0) is 0 Å². The van der Waals surface area contributed by atoms with Gasteiger partial charge in [-0.05, 0) is 69.0 Å². The number of halogens is 3. The number of anilines is 3. The Morgan fingerprint density at radius 2 is 1.67 bits per heavy atom. The van der Waals surface area contributed by atoms with E-state index in [1.807, 2.05) is 32.9 Å². The number of hydrogen-bond acceptors (Lipinski definition) is 5. The van der Waals surface area contributed by atoms with E-state index in [1.165, 1.54) is 23.8 Å². The van der Waals surface area contributed by atoms with E-state index in [0.717, 1.165) is 11.3 Å². The molecule has 0 radical (unpaired) electrons. The standard InChI is InChI=1S/C25H29F3N4O/c1-15(2)20-11-10-18(12-16(20)3)29-22-14-21(30-23(31-22)32-24(4,5)6)17-8-7-9-19(13-17)33-25(26,27)28/h7-15H,1-6H3,(H2,29,30,31,32). The summed E-state index contributed by atoms with van der Waals surface area (Å²) in [5, 5.41) is 6.53. The summed E-state index contributed by atoms with van der Waals surface area (Å²) in [6.07, 6.45) is -4.77. The molecule has 2 aromatic carbocycles. The van der Waals surface area contributed by atoms with Crippen LogP contribution in [0.3, 0.4) is 0 Å². The summed E-state index contributed by atoms with van der Waals surface area (Å²) in [5.74, 6) is 0.989. The molecule has 8 heteroatoms. The molecule has 0 bridgehead atoms. The molecule has 0 unspecified atom stereocenters. The molecule has 0 aliphatic rings. The van der Waals surface area contributed by atoms with Gasteiger partial charge in [0.15, 0.2) is 0 Å². The summed E-state index contributed by atoms with van der Waals surface area (Å²) in [4.78, 5) is 9.09. The first kappa shape index (κ1) is 24.4. The fourth-order valence-corrected chi connectivity index (χ4v) is 3.45. The van der Waals surface area contributed by atoms with Crippen LogP contribution in [0.5, 0.6) is 5.75 Å². The van der Waals surface area contributed by atoms with Crippen LogP contribution < -0.4 is 15.4 Å². The number of nitrogens with one attached hydrogen (secondary N) is 2. The lowest BCUT2D eigenvalue weighted by molar-refractivity contribution is -0.274. The number of hydrogen-bond donors (Lipinski definition) is 2. The van der Waals surface area contributed by atoms with Crippen LogP contribution in [0, 0.1) is 6.92 Å². The molecular formula is C25H29F3N4O. The van der Waals surface area contributed by atoms with Crippen molar-refractivity contribution in [2.75, 3.05) is 10.6 Å². The van der Waals surface area contributed by atoms with Crippen LogP contribution in [0.25, 0.3) is 11.3 Å². The van der Waals surface area contributed by atoms with Gasteiger partial charge in [-0.2, -0.15) is 4.98 Å². The lowest BCUT2D eigenvalue weighted by Gasteiger charge is -2.21. The Bertz CT molecular complexity index is 1120. The van der Waals surface area contributed by atoms with Crippen molar-refractivity contribution in [2.24, 2.45) is 0 Å². The highest BCUT2D eigenvalue weighted by Crippen LogP contribution is 2.30. The first-order chi connectivity index (χ1) is 15.3. The Morgan fingerprint density at radius 3 is 2.27 bits per heavy atom. The summed E-state index contributed by atoms with van der Waals surface area (Å²) in [6.45, 7) is 12.3. The normalized spacial score (nSPS) is 12.1. The zero-order valence-corrected chi connectivity index (χ0v) is 19.6. The average Bonchev–Trinajstić information content (AvgIpc) is 2.65. The van der Waals surface area contributed by atoms with Gasteiger partial charge in [0.1, 0.15) is 11.6 Å². The topological polar surface area (TPSA) is 59.1 Å². The highest BCUT2D eigenvalue weighted by atomic mass is 19.4. The Morgan fingerprint density at radius 1 is 0.939 bits per heavy atom. The van der Waals surface area contributed by atoms with E-state index in [2.05, 4.69) is 52.2 Å². The largest absolute Gasteiger partial charge is 0.573 e. The zero-order valence-electron chi connectivity index (χ0n) is 19.6. The minimum Gasteiger partial charge on any atom is -0.406 e. The van der Waals surface area contributed by atoms with Crippen molar-refractivity contribution in [3.05, 3.63) is 59.7 Å². The number of aromatic nitrogens is 2. The molecule has 0 saturated heterocycles. The molecule has 33 heavy (non-hydrogen) atoms. The fraction of sp³-hybridized carbons (Fsp3) is 0.360. The third-order valence-corrected chi connectivity index (χ3v) is 4.74. The minimum atomic E-state index is -4.77. The third kappa shape index (κ3) is 7.10. The Labute approximate surface area is 192 Å². The second-order valence-electron chi connectivity index (χ2n) is 9.26. The van der Waals surface area contributed by atoms with Gasteiger partial charge in [0.25, 0.3) is 0 Å². The summed E-state index contributed by atoms with van der Waals surface area (Å²) >= 11 is 0. The monoisotopic (exact) mass is 458 g/mol. The molecule has 0 aliphatic carbocycles. The molecule has 1 heterocycles. The van der Waals surface area contributed by atoms with Gasteiger partial charge >= 0.3 is 6.36 Å². The average molecular weight is 459 g/mol. The summed E-state index contributed by atoms with van der Waals surface area (Å²) in [5.41, 5.74) is 3.91. The quantitative estimate of drug-likeness (QED) is 0.402. The molecule has 3 rings (SSSR count). The van der Waals surface area contributed by atoms with Crippen LogP contribution in [0.1, 0.15) is 51.7 Å². The van der Waals surface area contributed by atoms with E-state index in [4.69, 9.17) is 0 Å². The number of ether oxygens (including phenoxy) is 1. The van der Waals surface area contributed by atoms with Crippen molar-refractivity contribution < 1.29 is 17.9 Å². The SMILES string of the molecule is Cc1cc(Nc2cc(-c3cccc(OC(F)(F)F)c3)nc(NC(C)(C)C)n2)ccc1C(C)C. The predicted molar refractivity (Wildman–Crippen MR) is 126 cm³/mol. The Kier molecular flexibility index (Phi) is 6.86. The van der Waals surface area contributed by atoms with E-state index >= 15 is 0 Å². The van der Waals surface area contributed by atoms with E-state index in [9.17, 15) is 13.2 Å². The van der Waals surface area contributed by atoms with Crippen LogP contribution in [0.4, 0.5) is 30.6 Å². The maximum Gasteiger partial charge on any atom is 0.573 e. The van der Waals surface area contributed by atoms with Crippen molar-refractivity contribution in [1.29, 1.82) is 0 Å². The number of rotatable bonds is 6. The van der Waals surface area contributed by atoms with E-state index in [-0.39, 0.29) is 11.3 Å². The van der Waals surface area contributed by atoms with E-state index in [0.29, 0.717) is 28.9 Å². The number of benzene rings is 2. The molecule has 0 atom stereocenters. The van der Waals surface area contributed by atoms with Gasteiger partial charge in [-0.1, -0.05) is 32.0 Å². The maximum atomic E-state index is 12.7. The van der Waals surface area contributed by atoms with Gasteiger partial charge in [0.05, 0.1) is 5.69 Å². The highest BCUT2D eigenvalue weighted by Gasteiger charge is 2.31. The molecule has 1 aromatic heterocycles. The van der Waals surface area contributed by atoms with Crippen molar-refractivity contribution in [3.63, 3.8) is 0 Å². The van der Waals surface area contributed by atoms with Crippen molar-refractivity contribution in [2.45, 2.75) is 59.4 Å². The van der Waals surface area contributed by atoms with E-state index in [1.54, 1.807) is 12.1 Å². The fourth-order valence-electron chi connectivity index (χ4n) is 3.45. The summed E-state index contributed by atoms with van der Waals surface area (Å²) in [6, 6.07) is 13.6. The summed E-state index contributed by atoms with van der Waals surface area (Å²) in [7, 11) is 0. The van der Waals surface area contributed by atoms with Crippen molar-refractivity contribution in [3.8, 4) is 17.0 Å². The molecule has 2 N–H and O–H groups in total. The van der Waals surface area contributed by atoms with Crippen LogP contribution in [0.15, 0.2) is 48.5 Å². The first-order valence-corrected chi connectivity index (χ1v) is 10.7. The molecular weight excluding hydrogens is 429 g/mol. The number of alkyl halides is 3. The van der Waals surface area contributed by atoms with E-state index < -0.39 is 6.36 Å². The first-order valence-electron chi connectivity index (χ1n) is 10.7. The molecule has 0 spiro atoms. The molecule has 176 valence electrons. The smallest absolute Gasteiger partial charge is 0.406 e. The lowest BCUT2D eigenvalue weighted by atomic mass is 9.98. The van der Waals surface area contributed by atoms with Crippen LogP contribution >= 0.6 is 0 Å². The highest BCUT2D eigenvalue weighted by molar-refractivity contribution is 5.69. The van der Waals surface area contributed by atoms with Gasteiger partial charge in [0, 0.05) is 22.9 Å². The molecule has 5 nitrogen and oxygen atoms in total. The molecule has 3 aromatic rings. The molecule has 0 amide bonds. The molecule has 0 saturated carbocycles. The molecule has 0 fully saturated rings. The third-order valence-electron chi connectivity index (χ3n) is 4.74. The minimum absolute atomic E-state index is 0.307. The Hall–Kier alpha value is -3.29. The number of aryl methyl sites for hydroxylation is 1. The van der Waals surface area contributed by atoms with Gasteiger partial charge in [0.2, 0.25) is 5.95 Å². The van der Waals surface area contributed by atoms with Crippen LogP contribution in [0.2, 0.25) is 0 Å².